The quantitative estimate of drug-likeness (QED) is 0.691. The Labute approximate surface area is 179 Å². The Balaban J connectivity index is 1.37. The highest BCUT2D eigenvalue weighted by atomic mass is 32.2. The zero-order valence-corrected chi connectivity index (χ0v) is 17.7. The summed E-state index contributed by atoms with van der Waals surface area (Å²) in [7, 11) is 0. The van der Waals surface area contributed by atoms with Crippen LogP contribution >= 0.6 is 11.8 Å². The lowest BCUT2D eigenvalue weighted by atomic mass is 10.2. The number of amides is 3. The van der Waals surface area contributed by atoms with Crippen LogP contribution in [-0.2, 0) is 16.1 Å². The van der Waals surface area contributed by atoms with Crippen molar-refractivity contribution in [3.05, 3.63) is 59.3 Å². The third-order valence-corrected chi connectivity index (χ3v) is 6.31. The van der Waals surface area contributed by atoms with Gasteiger partial charge in [-0.1, -0.05) is 18.2 Å². The maximum absolute atomic E-state index is 12.7. The molecule has 3 heterocycles. The van der Waals surface area contributed by atoms with Gasteiger partial charge in [-0.05, 0) is 49.0 Å². The summed E-state index contributed by atoms with van der Waals surface area (Å²) in [6.07, 6.45) is 3.65. The van der Waals surface area contributed by atoms with E-state index in [0.717, 1.165) is 47.7 Å². The molecular formula is C22H24N4O3S. The molecule has 0 aliphatic carbocycles. The van der Waals surface area contributed by atoms with E-state index in [1.54, 1.807) is 11.0 Å². The molecule has 30 heavy (non-hydrogen) atoms. The first-order valence-corrected chi connectivity index (χ1v) is 10.9. The zero-order chi connectivity index (χ0) is 21.1. The lowest BCUT2D eigenvalue weighted by Gasteiger charge is -2.36. The molecule has 0 spiro atoms. The van der Waals surface area contributed by atoms with Crippen molar-refractivity contribution < 1.29 is 14.4 Å². The van der Waals surface area contributed by atoms with E-state index >= 15 is 0 Å². The first-order chi connectivity index (χ1) is 14.6. The number of nitrogens with zero attached hydrogens (tertiary/aromatic N) is 4. The molecule has 0 bridgehead atoms. The predicted octanol–water partition coefficient (Wildman–Crippen LogP) is 2.89. The van der Waals surface area contributed by atoms with Crippen molar-refractivity contribution in [1.82, 2.24) is 14.4 Å². The highest BCUT2D eigenvalue weighted by molar-refractivity contribution is 8.18. The van der Waals surface area contributed by atoms with Gasteiger partial charge >= 0.3 is 0 Å². The van der Waals surface area contributed by atoms with Crippen molar-refractivity contribution in [3.8, 4) is 0 Å². The Morgan fingerprint density at radius 3 is 2.47 bits per heavy atom. The summed E-state index contributed by atoms with van der Waals surface area (Å²) in [5, 5.41) is -0.392. The maximum atomic E-state index is 12.7. The molecule has 2 aliphatic heterocycles. The van der Waals surface area contributed by atoms with Gasteiger partial charge in [-0.25, -0.2) is 0 Å². The highest BCUT2D eigenvalue weighted by Gasteiger charge is 2.37. The summed E-state index contributed by atoms with van der Waals surface area (Å²) in [5.74, 6) is -0.590. The summed E-state index contributed by atoms with van der Waals surface area (Å²) in [6, 6.07) is 13.9. The molecule has 2 aliphatic rings. The average Bonchev–Trinajstić information content (AvgIpc) is 3.34. The van der Waals surface area contributed by atoms with Gasteiger partial charge in [0.1, 0.15) is 6.54 Å². The van der Waals surface area contributed by atoms with Crippen LogP contribution in [0, 0.1) is 0 Å². The Hall–Kier alpha value is -3.00. The molecule has 3 amide bonds. The van der Waals surface area contributed by atoms with Crippen LogP contribution < -0.4 is 4.90 Å². The normalized spacial score (nSPS) is 18.6. The smallest absolute Gasteiger partial charge is 0.294 e. The number of aromatic nitrogens is 1. The van der Waals surface area contributed by atoms with E-state index in [1.807, 2.05) is 48.0 Å². The first-order valence-electron chi connectivity index (χ1n) is 10.0. The topological polar surface area (TPSA) is 65.9 Å². The van der Waals surface area contributed by atoms with Gasteiger partial charge in [0, 0.05) is 50.3 Å². The number of para-hydroxylation sites is 1. The van der Waals surface area contributed by atoms with E-state index < -0.39 is 11.1 Å². The molecule has 1 aromatic heterocycles. The summed E-state index contributed by atoms with van der Waals surface area (Å²) >= 11 is 0.892. The van der Waals surface area contributed by atoms with Gasteiger partial charge in [0.2, 0.25) is 5.91 Å². The van der Waals surface area contributed by atoms with Crippen molar-refractivity contribution in [2.75, 3.05) is 37.6 Å². The molecular weight excluding hydrogens is 400 g/mol. The minimum absolute atomic E-state index is 0.191. The number of carbonyl (C=O) groups excluding carboxylic acids is 3. The molecule has 2 fully saturated rings. The van der Waals surface area contributed by atoms with E-state index in [1.165, 1.54) is 0 Å². The number of carbonyl (C=O) groups is 3. The van der Waals surface area contributed by atoms with Crippen LogP contribution in [0.15, 0.2) is 53.6 Å². The van der Waals surface area contributed by atoms with Crippen LogP contribution in [-0.4, -0.2) is 64.1 Å². The highest BCUT2D eigenvalue weighted by Crippen LogP contribution is 2.32. The van der Waals surface area contributed by atoms with E-state index in [9.17, 15) is 14.4 Å². The lowest BCUT2D eigenvalue weighted by molar-refractivity contribution is -0.136. The standard InChI is InChI=1S/C22H24N4O3S/c1-2-23-10-6-9-18(23)15-19-21(28)26(22(29)30-19)16-20(27)25-13-11-24(12-14-25)17-7-4-3-5-8-17/h3-10,15H,2,11-14,16H2,1H3/b19-15+. The van der Waals surface area contributed by atoms with Gasteiger partial charge in [0.15, 0.2) is 0 Å². The van der Waals surface area contributed by atoms with Gasteiger partial charge in [-0.3, -0.25) is 19.3 Å². The molecule has 2 saturated heterocycles. The molecule has 7 nitrogen and oxygen atoms in total. The minimum Gasteiger partial charge on any atom is -0.368 e. The second kappa shape index (κ2) is 8.79. The van der Waals surface area contributed by atoms with E-state index in [2.05, 4.69) is 17.0 Å². The number of rotatable bonds is 5. The molecule has 0 atom stereocenters. The van der Waals surface area contributed by atoms with Crippen molar-refractivity contribution in [2.24, 2.45) is 0 Å². The summed E-state index contributed by atoms with van der Waals surface area (Å²) in [4.78, 5) is 43.2. The van der Waals surface area contributed by atoms with Crippen molar-refractivity contribution >= 4 is 40.6 Å². The van der Waals surface area contributed by atoms with Crippen LogP contribution in [0.25, 0.3) is 6.08 Å². The van der Waals surface area contributed by atoms with Crippen LogP contribution in [0.5, 0.6) is 0 Å². The van der Waals surface area contributed by atoms with Crippen LogP contribution in [0.1, 0.15) is 12.6 Å². The van der Waals surface area contributed by atoms with Crippen LogP contribution in [0.4, 0.5) is 10.5 Å². The summed E-state index contributed by atoms with van der Waals surface area (Å²) < 4.78 is 1.99. The molecule has 0 N–H and O–H groups in total. The predicted molar refractivity (Wildman–Crippen MR) is 118 cm³/mol. The number of aryl methyl sites for hydroxylation is 1. The van der Waals surface area contributed by atoms with E-state index in [4.69, 9.17) is 0 Å². The fourth-order valence-electron chi connectivity index (χ4n) is 3.71. The number of piperazine rings is 1. The monoisotopic (exact) mass is 424 g/mol. The SMILES string of the molecule is CCn1cccc1/C=C1/SC(=O)N(CC(=O)N2CCN(c3ccccc3)CC2)C1=O. The lowest BCUT2D eigenvalue weighted by Crippen LogP contribution is -2.51. The molecule has 0 radical (unpaired) electrons. The number of hydrogen-bond donors (Lipinski definition) is 0. The summed E-state index contributed by atoms with van der Waals surface area (Å²) in [5.41, 5.74) is 2.00. The van der Waals surface area contributed by atoms with Gasteiger partial charge in [0.05, 0.1) is 4.91 Å². The van der Waals surface area contributed by atoms with Crippen molar-refractivity contribution in [3.63, 3.8) is 0 Å². The molecule has 8 heteroatoms. The van der Waals surface area contributed by atoms with E-state index in [0.29, 0.717) is 18.0 Å². The van der Waals surface area contributed by atoms with Crippen LogP contribution in [0.2, 0.25) is 0 Å². The number of thioether (sulfide) groups is 1. The Morgan fingerprint density at radius 1 is 1.03 bits per heavy atom. The van der Waals surface area contributed by atoms with E-state index in [-0.39, 0.29) is 12.5 Å². The third-order valence-electron chi connectivity index (χ3n) is 5.40. The fourth-order valence-corrected chi connectivity index (χ4v) is 4.53. The van der Waals surface area contributed by atoms with Gasteiger partial charge < -0.3 is 14.4 Å². The molecule has 1 aromatic carbocycles. The Morgan fingerprint density at radius 2 is 1.77 bits per heavy atom. The average molecular weight is 425 g/mol. The molecule has 156 valence electrons. The fraction of sp³-hybridized carbons (Fsp3) is 0.318. The number of anilines is 1. The van der Waals surface area contributed by atoms with Crippen molar-refractivity contribution in [2.45, 2.75) is 13.5 Å². The van der Waals surface area contributed by atoms with Gasteiger partial charge in [-0.2, -0.15) is 0 Å². The molecule has 0 saturated carbocycles. The van der Waals surface area contributed by atoms with Gasteiger partial charge in [0.25, 0.3) is 11.1 Å². The Bertz CT molecular complexity index is 977. The number of imide groups is 1. The first kappa shape index (κ1) is 20.3. The maximum Gasteiger partial charge on any atom is 0.294 e. The minimum atomic E-state index is -0.398. The summed E-state index contributed by atoms with van der Waals surface area (Å²) in [6.45, 7) is 5.18. The van der Waals surface area contributed by atoms with Crippen LogP contribution in [0.3, 0.4) is 0 Å². The van der Waals surface area contributed by atoms with Gasteiger partial charge in [-0.15, -0.1) is 0 Å². The Kier molecular flexibility index (Phi) is 5.94. The second-order valence-electron chi connectivity index (χ2n) is 7.19. The zero-order valence-electron chi connectivity index (χ0n) is 16.9. The molecule has 2 aromatic rings. The molecule has 0 unspecified atom stereocenters. The third kappa shape index (κ3) is 4.14. The second-order valence-corrected chi connectivity index (χ2v) is 8.18. The largest absolute Gasteiger partial charge is 0.368 e. The molecule has 4 rings (SSSR count). The number of benzene rings is 1. The number of hydrogen-bond acceptors (Lipinski definition) is 5. The van der Waals surface area contributed by atoms with Crippen molar-refractivity contribution in [1.29, 1.82) is 0 Å².